The Labute approximate surface area is 224 Å². The fraction of sp³-hybridized carbons (Fsp3) is 0.103. The first-order valence-corrected chi connectivity index (χ1v) is 12.5. The summed E-state index contributed by atoms with van der Waals surface area (Å²) in [5.41, 5.74) is 6.95. The molecule has 0 atom stereocenters. The summed E-state index contributed by atoms with van der Waals surface area (Å²) in [7, 11) is 0. The molecule has 7 heteroatoms. The Morgan fingerprint density at radius 2 is 1.50 bits per heavy atom. The standard InChI is InChI=1S/C29H21Cl2NO3S/c30-25-13-18(26(27(31)28(25)36)19-8-2-1-7-17(19)15-33)14-32-29(34)35-16-24-22-11-5-3-9-20(22)21-10-4-6-12-23(21)24/h1-13,15,24,36H,14,16H2,(H,32,34). The maximum Gasteiger partial charge on any atom is 0.407 e. The number of fused-ring (bicyclic) bond motifs is 3. The first kappa shape index (κ1) is 24.4. The van der Waals surface area contributed by atoms with Gasteiger partial charge in [-0.2, -0.15) is 0 Å². The van der Waals surface area contributed by atoms with Crippen molar-refractivity contribution in [1.82, 2.24) is 5.32 Å². The van der Waals surface area contributed by atoms with Crippen LogP contribution in [0, 0.1) is 0 Å². The number of halogens is 2. The molecule has 36 heavy (non-hydrogen) atoms. The fourth-order valence-corrected chi connectivity index (χ4v) is 5.51. The Bertz CT molecular complexity index is 1440. The van der Waals surface area contributed by atoms with Crippen molar-refractivity contribution in [1.29, 1.82) is 0 Å². The van der Waals surface area contributed by atoms with Crippen LogP contribution >= 0.6 is 35.8 Å². The van der Waals surface area contributed by atoms with Crippen LogP contribution in [0.2, 0.25) is 10.0 Å². The number of thiol groups is 1. The van der Waals surface area contributed by atoms with E-state index in [2.05, 4.69) is 42.2 Å². The van der Waals surface area contributed by atoms with Crippen molar-refractivity contribution >= 4 is 48.2 Å². The third-order valence-electron chi connectivity index (χ3n) is 6.40. The number of alkyl carbamates (subject to hydrolysis) is 1. The average Bonchev–Trinajstić information content (AvgIpc) is 3.23. The number of rotatable bonds is 6. The van der Waals surface area contributed by atoms with E-state index in [4.69, 9.17) is 27.9 Å². The first-order chi connectivity index (χ1) is 17.5. The summed E-state index contributed by atoms with van der Waals surface area (Å²) in [4.78, 5) is 24.8. The van der Waals surface area contributed by atoms with Crippen LogP contribution in [0.25, 0.3) is 22.3 Å². The summed E-state index contributed by atoms with van der Waals surface area (Å²) >= 11 is 17.4. The Morgan fingerprint density at radius 3 is 2.14 bits per heavy atom. The molecular weight excluding hydrogens is 513 g/mol. The van der Waals surface area contributed by atoms with Crippen molar-refractivity contribution in [2.45, 2.75) is 17.4 Å². The van der Waals surface area contributed by atoms with Gasteiger partial charge in [0.1, 0.15) is 6.61 Å². The zero-order chi connectivity index (χ0) is 25.2. The lowest BCUT2D eigenvalue weighted by Crippen LogP contribution is -2.26. The molecule has 0 fully saturated rings. The SMILES string of the molecule is O=Cc1ccccc1-c1c(CNC(=O)OCC2c3ccccc3-c3ccccc32)cc(Cl)c(S)c1Cl. The number of aldehydes is 1. The second kappa shape index (κ2) is 10.4. The van der Waals surface area contributed by atoms with Gasteiger partial charge in [-0.25, -0.2) is 4.79 Å². The summed E-state index contributed by atoms with van der Waals surface area (Å²) in [5, 5.41) is 3.46. The molecule has 0 saturated heterocycles. The number of benzene rings is 4. The van der Waals surface area contributed by atoms with E-state index in [1.807, 2.05) is 30.3 Å². The number of nitrogens with one attached hydrogen (secondary N) is 1. The van der Waals surface area contributed by atoms with Gasteiger partial charge < -0.3 is 10.1 Å². The quantitative estimate of drug-likeness (QED) is 0.196. The first-order valence-electron chi connectivity index (χ1n) is 11.3. The second-order valence-electron chi connectivity index (χ2n) is 8.44. The molecule has 4 aromatic carbocycles. The van der Waals surface area contributed by atoms with Gasteiger partial charge in [-0.15, -0.1) is 12.6 Å². The molecule has 1 amide bonds. The van der Waals surface area contributed by atoms with Gasteiger partial charge in [0.25, 0.3) is 0 Å². The van der Waals surface area contributed by atoms with Crippen molar-refractivity contribution in [2.75, 3.05) is 6.61 Å². The molecule has 4 aromatic rings. The molecule has 0 radical (unpaired) electrons. The second-order valence-corrected chi connectivity index (χ2v) is 9.67. The molecule has 0 aliphatic heterocycles. The lowest BCUT2D eigenvalue weighted by molar-refractivity contribution is 0.112. The smallest absolute Gasteiger partial charge is 0.407 e. The number of hydrogen-bond acceptors (Lipinski definition) is 4. The molecule has 0 aromatic heterocycles. The van der Waals surface area contributed by atoms with Gasteiger partial charge in [0.15, 0.2) is 6.29 Å². The molecule has 1 N–H and O–H groups in total. The van der Waals surface area contributed by atoms with E-state index in [-0.39, 0.29) is 19.1 Å². The largest absolute Gasteiger partial charge is 0.449 e. The third kappa shape index (κ3) is 4.50. The topological polar surface area (TPSA) is 55.4 Å². The monoisotopic (exact) mass is 533 g/mol. The maximum atomic E-state index is 12.7. The molecule has 0 bridgehead atoms. The highest BCUT2D eigenvalue weighted by Crippen LogP contribution is 2.44. The van der Waals surface area contributed by atoms with E-state index in [0.717, 1.165) is 28.5 Å². The summed E-state index contributed by atoms with van der Waals surface area (Å²) in [6, 6.07) is 25.1. The van der Waals surface area contributed by atoms with Crippen molar-refractivity contribution in [3.05, 3.63) is 111 Å². The molecule has 180 valence electrons. The van der Waals surface area contributed by atoms with Gasteiger partial charge in [0.2, 0.25) is 0 Å². The highest BCUT2D eigenvalue weighted by atomic mass is 35.5. The summed E-state index contributed by atoms with van der Waals surface area (Å²) in [6.45, 7) is 0.310. The summed E-state index contributed by atoms with van der Waals surface area (Å²) in [5.74, 6) is -0.0365. The van der Waals surface area contributed by atoms with Gasteiger partial charge in [-0.05, 0) is 39.4 Å². The van der Waals surface area contributed by atoms with Crippen molar-refractivity contribution < 1.29 is 14.3 Å². The minimum absolute atomic E-state index is 0.0365. The van der Waals surface area contributed by atoms with E-state index in [0.29, 0.717) is 37.2 Å². The zero-order valence-electron chi connectivity index (χ0n) is 19.0. The molecule has 1 aliphatic carbocycles. The predicted molar refractivity (Wildman–Crippen MR) is 146 cm³/mol. The van der Waals surface area contributed by atoms with Crippen LogP contribution in [0.15, 0.2) is 83.8 Å². The fourth-order valence-electron chi connectivity index (χ4n) is 4.73. The average molecular weight is 534 g/mol. The number of ether oxygens (including phenoxy) is 1. The van der Waals surface area contributed by atoms with E-state index in [1.165, 1.54) is 0 Å². The Kier molecular flexibility index (Phi) is 7.06. The molecule has 1 aliphatic rings. The van der Waals surface area contributed by atoms with Gasteiger partial charge in [-0.1, -0.05) is 96.0 Å². The third-order valence-corrected chi connectivity index (χ3v) is 7.80. The Hall–Kier alpha value is -3.25. The lowest BCUT2D eigenvalue weighted by atomic mass is 9.95. The minimum atomic E-state index is -0.561. The maximum absolute atomic E-state index is 12.7. The lowest BCUT2D eigenvalue weighted by Gasteiger charge is -2.18. The van der Waals surface area contributed by atoms with E-state index < -0.39 is 6.09 Å². The molecule has 5 rings (SSSR count). The zero-order valence-corrected chi connectivity index (χ0v) is 21.4. The van der Waals surface area contributed by atoms with Gasteiger partial charge in [0, 0.05) is 28.5 Å². The molecule has 4 nitrogen and oxygen atoms in total. The van der Waals surface area contributed by atoms with E-state index >= 15 is 0 Å². The molecule has 0 unspecified atom stereocenters. The van der Waals surface area contributed by atoms with Crippen LogP contribution in [0.1, 0.15) is 33.0 Å². The summed E-state index contributed by atoms with van der Waals surface area (Å²) in [6.07, 6.45) is 0.204. The summed E-state index contributed by atoms with van der Waals surface area (Å²) < 4.78 is 5.65. The van der Waals surface area contributed by atoms with Gasteiger partial charge in [-0.3, -0.25) is 4.79 Å². The van der Waals surface area contributed by atoms with Crippen molar-refractivity contribution in [3.63, 3.8) is 0 Å². The van der Waals surface area contributed by atoms with Crippen LogP contribution in [0.4, 0.5) is 4.79 Å². The molecule has 0 saturated carbocycles. The normalized spacial score (nSPS) is 12.1. The molecule has 0 spiro atoms. The minimum Gasteiger partial charge on any atom is -0.449 e. The van der Waals surface area contributed by atoms with Gasteiger partial charge in [0.05, 0.1) is 10.0 Å². The van der Waals surface area contributed by atoms with Crippen LogP contribution in [0.5, 0.6) is 0 Å². The predicted octanol–water partition coefficient (Wildman–Crippen LogP) is 7.80. The Balaban J connectivity index is 1.35. The van der Waals surface area contributed by atoms with E-state index in [9.17, 15) is 9.59 Å². The number of hydrogen-bond donors (Lipinski definition) is 2. The van der Waals surface area contributed by atoms with Crippen LogP contribution in [-0.4, -0.2) is 19.0 Å². The molecule has 0 heterocycles. The van der Waals surface area contributed by atoms with E-state index in [1.54, 1.807) is 24.3 Å². The molecular formula is C29H21Cl2NO3S. The highest BCUT2D eigenvalue weighted by molar-refractivity contribution is 7.80. The number of carbonyl (C=O) groups excluding carboxylic acids is 2. The van der Waals surface area contributed by atoms with Gasteiger partial charge >= 0.3 is 6.09 Å². The number of carbonyl (C=O) groups is 2. The Morgan fingerprint density at radius 1 is 0.917 bits per heavy atom. The van der Waals surface area contributed by atoms with Crippen molar-refractivity contribution in [2.24, 2.45) is 0 Å². The van der Waals surface area contributed by atoms with Crippen LogP contribution in [-0.2, 0) is 11.3 Å². The van der Waals surface area contributed by atoms with Crippen molar-refractivity contribution in [3.8, 4) is 22.3 Å². The number of amides is 1. The van der Waals surface area contributed by atoms with Crippen LogP contribution in [0.3, 0.4) is 0 Å². The van der Waals surface area contributed by atoms with Crippen LogP contribution < -0.4 is 5.32 Å². The highest BCUT2D eigenvalue weighted by Gasteiger charge is 2.29.